The SMILES string of the molecule is Fc1cc2nc(CCl)n(Cc3ccno3)c2cc1Br. The van der Waals surface area contributed by atoms with E-state index in [9.17, 15) is 4.39 Å². The van der Waals surface area contributed by atoms with Crippen molar-refractivity contribution in [1.82, 2.24) is 14.7 Å². The Labute approximate surface area is 121 Å². The second kappa shape index (κ2) is 4.94. The number of hydrogen-bond acceptors (Lipinski definition) is 3. The van der Waals surface area contributed by atoms with Crippen molar-refractivity contribution < 1.29 is 8.91 Å². The smallest absolute Gasteiger partial charge is 0.156 e. The standard InChI is InChI=1S/C12H8BrClFN3O/c13-8-3-11-10(4-9(8)15)17-12(5-14)18(11)6-7-1-2-16-19-7/h1-4H,5-6H2. The Bertz CT molecular complexity index is 726. The van der Waals surface area contributed by atoms with Crippen LogP contribution in [0.25, 0.3) is 11.0 Å². The summed E-state index contributed by atoms with van der Waals surface area (Å²) < 4.78 is 20.9. The van der Waals surface area contributed by atoms with Gasteiger partial charge in [0.2, 0.25) is 0 Å². The van der Waals surface area contributed by atoms with E-state index in [1.54, 1.807) is 18.3 Å². The van der Waals surface area contributed by atoms with E-state index in [1.165, 1.54) is 6.07 Å². The number of hydrogen-bond donors (Lipinski definition) is 0. The Morgan fingerprint density at radius 2 is 2.26 bits per heavy atom. The molecule has 0 aliphatic rings. The molecule has 0 unspecified atom stereocenters. The quantitative estimate of drug-likeness (QED) is 0.680. The molecule has 0 N–H and O–H groups in total. The van der Waals surface area contributed by atoms with Crippen LogP contribution < -0.4 is 0 Å². The van der Waals surface area contributed by atoms with Crippen molar-refractivity contribution in [3.8, 4) is 0 Å². The van der Waals surface area contributed by atoms with Gasteiger partial charge in [0.15, 0.2) is 5.76 Å². The highest BCUT2D eigenvalue weighted by atomic mass is 79.9. The lowest BCUT2D eigenvalue weighted by Crippen LogP contribution is -2.03. The Kier molecular flexibility index (Phi) is 3.28. The lowest BCUT2D eigenvalue weighted by molar-refractivity contribution is 0.376. The normalized spacial score (nSPS) is 11.3. The maximum atomic E-state index is 13.5. The number of rotatable bonds is 3. The molecular formula is C12H8BrClFN3O. The number of imidazole rings is 1. The van der Waals surface area contributed by atoms with Crippen LogP contribution in [-0.4, -0.2) is 14.7 Å². The van der Waals surface area contributed by atoms with Crippen LogP contribution in [0.2, 0.25) is 0 Å². The number of benzene rings is 1. The molecule has 0 atom stereocenters. The Morgan fingerprint density at radius 3 is 2.95 bits per heavy atom. The molecule has 4 nitrogen and oxygen atoms in total. The van der Waals surface area contributed by atoms with Crippen molar-refractivity contribution in [2.24, 2.45) is 0 Å². The first-order chi connectivity index (χ1) is 9.19. The molecule has 3 rings (SSSR count). The second-order valence-corrected chi connectivity index (χ2v) is 5.10. The monoisotopic (exact) mass is 343 g/mol. The number of alkyl halides is 1. The van der Waals surface area contributed by atoms with E-state index in [2.05, 4.69) is 26.1 Å². The fourth-order valence-corrected chi connectivity index (χ4v) is 2.46. The molecule has 0 bridgehead atoms. The van der Waals surface area contributed by atoms with Gasteiger partial charge in [-0.25, -0.2) is 9.37 Å². The minimum absolute atomic E-state index is 0.238. The largest absolute Gasteiger partial charge is 0.359 e. The average molecular weight is 345 g/mol. The highest BCUT2D eigenvalue weighted by molar-refractivity contribution is 9.10. The van der Waals surface area contributed by atoms with E-state index in [4.69, 9.17) is 16.1 Å². The Balaban J connectivity index is 2.17. The molecule has 0 fully saturated rings. The molecule has 98 valence electrons. The molecule has 3 aromatic rings. The van der Waals surface area contributed by atoms with Crippen LogP contribution in [0.4, 0.5) is 4.39 Å². The third-order valence-corrected chi connectivity index (χ3v) is 3.64. The molecule has 0 aliphatic heterocycles. The van der Waals surface area contributed by atoms with Gasteiger partial charge in [0, 0.05) is 12.1 Å². The van der Waals surface area contributed by atoms with E-state index in [0.29, 0.717) is 28.1 Å². The first-order valence-electron chi connectivity index (χ1n) is 5.48. The first kappa shape index (κ1) is 12.6. The summed E-state index contributed by atoms with van der Waals surface area (Å²) in [6, 6.07) is 4.83. The molecule has 2 aromatic heterocycles. The number of halogens is 3. The minimum atomic E-state index is -0.349. The number of nitrogens with zero attached hydrogens (tertiary/aromatic N) is 3. The summed E-state index contributed by atoms with van der Waals surface area (Å²) in [6.45, 7) is 0.455. The molecule has 0 radical (unpaired) electrons. The molecule has 0 aliphatic carbocycles. The summed E-state index contributed by atoms with van der Waals surface area (Å²) in [5.41, 5.74) is 1.36. The van der Waals surface area contributed by atoms with E-state index in [0.717, 1.165) is 5.52 Å². The third-order valence-electron chi connectivity index (χ3n) is 2.79. The summed E-state index contributed by atoms with van der Waals surface area (Å²) in [6.07, 6.45) is 1.57. The van der Waals surface area contributed by atoms with Crippen molar-refractivity contribution in [3.05, 3.63) is 46.3 Å². The van der Waals surface area contributed by atoms with Crippen LogP contribution in [0.3, 0.4) is 0 Å². The van der Waals surface area contributed by atoms with Gasteiger partial charge >= 0.3 is 0 Å². The van der Waals surface area contributed by atoms with Crippen molar-refractivity contribution in [3.63, 3.8) is 0 Å². The third kappa shape index (κ3) is 2.26. The zero-order valence-electron chi connectivity index (χ0n) is 9.61. The van der Waals surface area contributed by atoms with Crippen LogP contribution in [0.5, 0.6) is 0 Å². The lowest BCUT2D eigenvalue weighted by Gasteiger charge is -2.05. The van der Waals surface area contributed by atoms with Crippen molar-refractivity contribution in [2.75, 3.05) is 0 Å². The van der Waals surface area contributed by atoms with Crippen molar-refractivity contribution >= 4 is 38.6 Å². The van der Waals surface area contributed by atoms with Gasteiger partial charge in [-0.2, -0.15) is 0 Å². The van der Waals surface area contributed by atoms with E-state index in [1.807, 2.05) is 4.57 Å². The van der Waals surface area contributed by atoms with Gasteiger partial charge < -0.3 is 9.09 Å². The van der Waals surface area contributed by atoms with Crippen molar-refractivity contribution in [1.29, 1.82) is 0 Å². The Hall–Kier alpha value is -1.40. The van der Waals surface area contributed by atoms with Gasteiger partial charge in [0.25, 0.3) is 0 Å². The fraction of sp³-hybridized carbons (Fsp3) is 0.167. The zero-order chi connectivity index (χ0) is 13.4. The van der Waals surface area contributed by atoms with Gasteiger partial charge in [-0.1, -0.05) is 5.16 Å². The average Bonchev–Trinajstić information content (AvgIpc) is 3.00. The summed E-state index contributed by atoms with van der Waals surface area (Å²) in [5.74, 6) is 1.23. The molecule has 0 saturated carbocycles. The van der Waals surface area contributed by atoms with Crippen LogP contribution in [0.15, 0.2) is 33.4 Å². The molecule has 1 aromatic carbocycles. The predicted molar refractivity (Wildman–Crippen MR) is 72.6 cm³/mol. The first-order valence-corrected chi connectivity index (χ1v) is 6.81. The highest BCUT2D eigenvalue weighted by Crippen LogP contribution is 2.25. The second-order valence-electron chi connectivity index (χ2n) is 3.98. The highest BCUT2D eigenvalue weighted by Gasteiger charge is 2.14. The number of aromatic nitrogens is 3. The zero-order valence-corrected chi connectivity index (χ0v) is 11.9. The number of fused-ring (bicyclic) bond motifs is 1. The van der Waals surface area contributed by atoms with Crippen LogP contribution >= 0.6 is 27.5 Å². The fourth-order valence-electron chi connectivity index (χ4n) is 1.93. The van der Waals surface area contributed by atoms with Gasteiger partial charge in [-0.05, 0) is 22.0 Å². The van der Waals surface area contributed by atoms with Crippen molar-refractivity contribution in [2.45, 2.75) is 12.4 Å². The van der Waals surface area contributed by atoms with Gasteiger partial charge in [-0.15, -0.1) is 11.6 Å². The molecule has 0 amide bonds. The van der Waals surface area contributed by atoms with Crippen LogP contribution in [0.1, 0.15) is 11.6 Å². The molecule has 0 spiro atoms. The maximum Gasteiger partial charge on any atom is 0.156 e. The summed E-state index contributed by atoms with van der Waals surface area (Å²) >= 11 is 9.06. The van der Waals surface area contributed by atoms with Crippen LogP contribution in [0, 0.1) is 5.82 Å². The van der Waals surface area contributed by atoms with Gasteiger partial charge in [0.05, 0.1) is 34.1 Å². The molecule has 7 heteroatoms. The minimum Gasteiger partial charge on any atom is -0.359 e. The van der Waals surface area contributed by atoms with E-state index >= 15 is 0 Å². The topological polar surface area (TPSA) is 43.9 Å². The molecular weight excluding hydrogens is 337 g/mol. The summed E-state index contributed by atoms with van der Waals surface area (Å²) in [4.78, 5) is 4.32. The molecule has 2 heterocycles. The van der Waals surface area contributed by atoms with Gasteiger partial charge in [0.1, 0.15) is 11.6 Å². The summed E-state index contributed by atoms with van der Waals surface area (Å²) in [5, 5.41) is 3.66. The predicted octanol–water partition coefficient (Wildman–Crippen LogP) is 3.71. The van der Waals surface area contributed by atoms with E-state index < -0.39 is 0 Å². The van der Waals surface area contributed by atoms with Crippen LogP contribution in [-0.2, 0) is 12.4 Å². The summed E-state index contributed by atoms with van der Waals surface area (Å²) in [7, 11) is 0. The van der Waals surface area contributed by atoms with Gasteiger partial charge in [-0.3, -0.25) is 0 Å². The molecule has 0 saturated heterocycles. The lowest BCUT2D eigenvalue weighted by atomic mass is 10.3. The molecule has 19 heavy (non-hydrogen) atoms. The Morgan fingerprint density at radius 1 is 1.42 bits per heavy atom. The van der Waals surface area contributed by atoms with E-state index in [-0.39, 0.29) is 11.7 Å². The maximum absolute atomic E-state index is 13.5.